The molecule has 0 saturated carbocycles. The van der Waals surface area contributed by atoms with Crippen LogP contribution >= 0.6 is 23.5 Å². The van der Waals surface area contributed by atoms with Gasteiger partial charge in [0.1, 0.15) is 0 Å². The van der Waals surface area contributed by atoms with Crippen LogP contribution in [0, 0.1) is 0 Å². The van der Waals surface area contributed by atoms with E-state index in [1.807, 2.05) is 30.5 Å². The zero-order chi connectivity index (χ0) is 13.7. The van der Waals surface area contributed by atoms with Gasteiger partial charge in [-0.3, -0.25) is 4.79 Å². The molecule has 0 spiro atoms. The van der Waals surface area contributed by atoms with Gasteiger partial charge in [0.2, 0.25) is 17.0 Å². The third kappa shape index (κ3) is 4.18. The van der Waals surface area contributed by atoms with Crippen LogP contribution in [-0.2, 0) is 4.79 Å². The van der Waals surface area contributed by atoms with Crippen LogP contribution in [0.1, 0.15) is 0 Å². The Morgan fingerprint density at radius 3 is 3.05 bits per heavy atom. The van der Waals surface area contributed by atoms with Gasteiger partial charge < -0.3 is 11.1 Å². The highest BCUT2D eigenvalue weighted by molar-refractivity contribution is 7.99. The van der Waals surface area contributed by atoms with Gasteiger partial charge in [0, 0.05) is 10.6 Å². The van der Waals surface area contributed by atoms with E-state index in [1.54, 1.807) is 11.8 Å². The van der Waals surface area contributed by atoms with Crippen LogP contribution in [0.25, 0.3) is 0 Å². The Bertz CT molecular complexity index is 572. The second-order valence-electron chi connectivity index (χ2n) is 3.57. The normalized spacial score (nSPS) is 10.4. The van der Waals surface area contributed by atoms with Gasteiger partial charge >= 0.3 is 0 Å². The number of anilines is 2. The smallest absolute Gasteiger partial charge is 0.234 e. The molecule has 0 fully saturated rings. The van der Waals surface area contributed by atoms with Gasteiger partial charge in [-0.1, -0.05) is 17.8 Å². The Labute approximate surface area is 118 Å². The van der Waals surface area contributed by atoms with Crippen LogP contribution in [0.5, 0.6) is 0 Å². The summed E-state index contributed by atoms with van der Waals surface area (Å²) in [7, 11) is 0. The molecule has 0 aliphatic heterocycles. The van der Waals surface area contributed by atoms with Crippen LogP contribution in [0.15, 0.2) is 34.3 Å². The molecule has 2 aromatic rings. The predicted molar refractivity (Wildman–Crippen MR) is 78.4 cm³/mol. The van der Waals surface area contributed by atoms with E-state index in [2.05, 4.69) is 20.5 Å². The number of carbonyl (C=O) groups is 1. The van der Waals surface area contributed by atoms with Crippen LogP contribution < -0.4 is 11.1 Å². The molecule has 100 valence electrons. The molecule has 2 rings (SSSR count). The Balaban J connectivity index is 1.86. The third-order valence-electron chi connectivity index (χ3n) is 2.17. The molecule has 1 amide bonds. The number of aromatic amines is 1. The molecule has 1 aromatic carbocycles. The molecule has 0 aliphatic rings. The second-order valence-corrected chi connectivity index (χ2v) is 5.39. The first-order valence-electron chi connectivity index (χ1n) is 5.42. The van der Waals surface area contributed by atoms with Crippen molar-refractivity contribution < 1.29 is 4.79 Å². The lowest BCUT2D eigenvalue weighted by Crippen LogP contribution is -2.14. The Hall–Kier alpha value is -1.67. The molecule has 0 radical (unpaired) electrons. The first kappa shape index (κ1) is 13.8. The fraction of sp³-hybridized carbons (Fsp3) is 0.182. The molecule has 0 atom stereocenters. The van der Waals surface area contributed by atoms with Crippen molar-refractivity contribution in [1.29, 1.82) is 0 Å². The fourth-order valence-corrected chi connectivity index (χ4v) is 2.42. The van der Waals surface area contributed by atoms with Gasteiger partial charge in [-0.15, -0.1) is 16.9 Å². The molecule has 0 unspecified atom stereocenters. The van der Waals surface area contributed by atoms with E-state index in [1.165, 1.54) is 11.8 Å². The van der Waals surface area contributed by atoms with E-state index in [0.29, 0.717) is 5.16 Å². The van der Waals surface area contributed by atoms with Crippen molar-refractivity contribution in [2.75, 3.05) is 23.1 Å². The number of hydrogen-bond donors (Lipinski definition) is 3. The second kappa shape index (κ2) is 6.48. The SMILES string of the molecule is CSc1cccc(NC(=O)CSc2n[nH]c(N)n2)c1. The number of H-pyrrole nitrogens is 1. The minimum absolute atomic E-state index is 0.105. The predicted octanol–water partition coefficient (Wildman–Crippen LogP) is 1.84. The van der Waals surface area contributed by atoms with Crippen molar-refractivity contribution in [2.24, 2.45) is 0 Å². The summed E-state index contributed by atoms with van der Waals surface area (Å²) in [5.41, 5.74) is 6.18. The molecule has 19 heavy (non-hydrogen) atoms. The number of aromatic nitrogens is 3. The van der Waals surface area contributed by atoms with Crippen molar-refractivity contribution >= 4 is 41.1 Å². The average Bonchev–Trinajstić information content (AvgIpc) is 2.82. The Morgan fingerprint density at radius 2 is 2.37 bits per heavy atom. The van der Waals surface area contributed by atoms with Gasteiger partial charge in [-0.2, -0.15) is 4.98 Å². The molecule has 1 aromatic heterocycles. The molecule has 0 bridgehead atoms. The zero-order valence-electron chi connectivity index (χ0n) is 10.2. The average molecular weight is 295 g/mol. The highest BCUT2D eigenvalue weighted by Crippen LogP contribution is 2.19. The topological polar surface area (TPSA) is 96.7 Å². The number of amides is 1. The molecule has 8 heteroatoms. The van der Waals surface area contributed by atoms with Gasteiger partial charge in [-0.25, -0.2) is 5.10 Å². The molecule has 1 heterocycles. The Kier molecular flexibility index (Phi) is 4.69. The number of nitrogen functional groups attached to an aromatic ring is 1. The summed E-state index contributed by atoms with van der Waals surface area (Å²) < 4.78 is 0. The van der Waals surface area contributed by atoms with E-state index in [4.69, 9.17) is 5.73 Å². The van der Waals surface area contributed by atoms with Crippen molar-refractivity contribution in [3.8, 4) is 0 Å². The first-order chi connectivity index (χ1) is 9.17. The molecule has 0 aliphatic carbocycles. The Morgan fingerprint density at radius 1 is 1.53 bits per heavy atom. The van der Waals surface area contributed by atoms with Gasteiger partial charge in [0.25, 0.3) is 0 Å². The minimum Gasteiger partial charge on any atom is -0.368 e. The lowest BCUT2D eigenvalue weighted by Gasteiger charge is -2.05. The number of rotatable bonds is 5. The first-order valence-corrected chi connectivity index (χ1v) is 7.63. The summed E-state index contributed by atoms with van der Waals surface area (Å²) >= 11 is 2.86. The highest BCUT2D eigenvalue weighted by atomic mass is 32.2. The summed E-state index contributed by atoms with van der Waals surface area (Å²) in [5, 5.41) is 9.65. The van der Waals surface area contributed by atoms with Crippen LogP contribution in [0.2, 0.25) is 0 Å². The quantitative estimate of drug-likeness (QED) is 0.728. The van der Waals surface area contributed by atoms with E-state index in [0.717, 1.165) is 10.6 Å². The summed E-state index contributed by atoms with van der Waals surface area (Å²) in [4.78, 5) is 16.8. The number of benzene rings is 1. The van der Waals surface area contributed by atoms with E-state index < -0.39 is 0 Å². The lowest BCUT2D eigenvalue weighted by atomic mass is 10.3. The van der Waals surface area contributed by atoms with Crippen LogP contribution in [0.4, 0.5) is 11.6 Å². The summed E-state index contributed by atoms with van der Waals surface area (Å²) in [6, 6.07) is 7.68. The van der Waals surface area contributed by atoms with E-state index >= 15 is 0 Å². The van der Waals surface area contributed by atoms with E-state index in [9.17, 15) is 4.79 Å². The number of nitrogens with zero attached hydrogens (tertiary/aromatic N) is 2. The van der Waals surface area contributed by atoms with Crippen LogP contribution in [0.3, 0.4) is 0 Å². The maximum atomic E-state index is 11.8. The van der Waals surface area contributed by atoms with Crippen molar-refractivity contribution in [1.82, 2.24) is 15.2 Å². The van der Waals surface area contributed by atoms with Gasteiger partial charge in [0.15, 0.2) is 0 Å². The van der Waals surface area contributed by atoms with Crippen molar-refractivity contribution in [2.45, 2.75) is 10.1 Å². The number of nitrogens with two attached hydrogens (primary N) is 1. The minimum atomic E-state index is -0.105. The largest absolute Gasteiger partial charge is 0.368 e. The molecule has 6 nitrogen and oxygen atoms in total. The third-order valence-corrected chi connectivity index (χ3v) is 3.74. The van der Waals surface area contributed by atoms with Gasteiger partial charge in [0.05, 0.1) is 5.75 Å². The molecule has 4 N–H and O–H groups in total. The molecular formula is C11H13N5OS2. The molecular weight excluding hydrogens is 282 g/mol. The lowest BCUT2D eigenvalue weighted by molar-refractivity contribution is -0.113. The van der Waals surface area contributed by atoms with Crippen molar-refractivity contribution in [3.63, 3.8) is 0 Å². The maximum Gasteiger partial charge on any atom is 0.234 e. The highest BCUT2D eigenvalue weighted by Gasteiger charge is 2.07. The number of carbonyl (C=O) groups excluding carboxylic acids is 1. The number of nitrogens with one attached hydrogen (secondary N) is 2. The summed E-state index contributed by atoms with van der Waals surface area (Å²) in [6.07, 6.45) is 1.99. The number of hydrogen-bond acceptors (Lipinski definition) is 6. The molecule has 0 saturated heterocycles. The summed E-state index contributed by atoms with van der Waals surface area (Å²) in [6.45, 7) is 0. The zero-order valence-corrected chi connectivity index (χ0v) is 11.8. The van der Waals surface area contributed by atoms with E-state index in [-0.39, 0.29) is 17.6 Å². The monoisotopic (exact) mass is 295 g/mol. The maximum absolute atomic E-state index is 11.8. The standard InChI is InChI=1S/C11H13N5OS2/c1-18-8-4-2-3-7(5-8)13-9(17)6-19-11-14-10(12)15-16-11/h2-5H,6H2,1H3,(H,13,17)(H3,12,14,15,16). The van der Waals surface area contributed by atoms with Crippen molar-refractivity contribution in [3.05, 3.63) is 24.3 Å². The number of thioether (sulfide) groups is 2. The van der Waals surface area contributed by atoms with Gasteiger partial charge in [-0.05, 0) is 24.5 Å². The van der Waals surface area contributed by atoms with Crippen LogP contribution in [-0.4, -0.2) is 33.1 Å². The summed E-state index contributed by atoms with van der Waals surface area (Å²) in [5.74, 6) is 0.378. The fourth-order valence-electron chi connectivity index (χ4n) is 1.35.